The third-order valence-electron chi connectivity index (χ3n) is 3.02. The van der Waals surface area contributed by atoms with Crippen molar-refractivity contribution < 1.29 is 9.21 Å². The van der Waals surface area contributed by atoms with Crippen LogP contribution in [0.2, 0.25) is 0 Å². The minimum Gasteiger partial charge on any atom is -0.467 e. The molecule has 5 heteroatoms. The van der Waals surface area contributed by atoms with Gasteiger partial charge in [-0.25, -0.2) is 0 Å². The Morgan fingerprint density at radius 1 is 1.40 bits per heavy atom. The van der Waals surface area contributed by atoms with Gasteiger partial charge in [0, 0.05) is 10.6 Å². The lowest BCUT2D eigenvalue weighted by atomic mass is 10.2. The summed E-state index contributed by atoms with van der Waals surface area (Å²) in [6.45, 7) is 4.25. The van der Waals surface area contributed by atoms with Crippen LogP contribution in [-0.4, -0.2) is 11.2 Å². The molecule has 1 aromatic heterocycles. The molecule has 0 aliphatic heterocycles. The third kappa shape index (κ3) is 3.57. The third-order valence-corrected chi connectivity index (χ3v) is 4.28. The molecule has 0 aliphatic rings. The first-order valence-electron chi connectivity index (χ1n) is 6.39. The Labute approximate surface area is 122 Å². The van der Waals surface area contributed by atoms with Crippen molar-refractivity contribution in [3.63, 3.8) is 0 Å². The number of amides is 1. The molecule has 1 heterocycles. The molecule has 4 nitrogen and oxygen atoms in total. The van der Waals surface area contributed by atoms with Gasteiger partial charge in [0.2, 0.25) is 5.91 Å². The van der Waals surface area contributed by atoms with Gasteiger partial charge in [-0.2, -0.15) is 0 Å². The summed E-state index contributed by atoms with van der Waals surface area (Å²) in [6, 6.07) is 9.38. The second-order valence-corrected chi connectivity index (χ2v) is 5.91. The van der Waals surface area contributed by atoms with Crippen LogP contribution in [0.3, 0.4) is 0 Å². The van der Waals surface area contributed by atoms with Gasteiger partial charge in [0.25, 0.3) is 0 Å². The highest BCUT2D eigenvalue weighted by Crippen LogP contribution is 2.29. The van der Waals surface area contributed by atoms with Gasteiger partial charge in [-0.3, -0.25) is 4.79 Å². The van der Waals surface area contributed by atoms with E-state index >= 15 is 0 Å². The predicted octanol–water partition coefficient (Wildman–Crippen LogP) is 2.97. The molecule has 106 valence electrons. The van der Waals surface area contributed by atoms with Crippen LogP contribution >= 0.6 is 11.8 Å². The molecule has 0 spiro atoms. The summed E-state index contributed by atoms with van der Waals surface area (Å²) in [5.41, 5.74) is 7.63. The second-order valence-electron chi connectivity index (χ2n) is 4.53. The first kappa shape index (κ1) is 14.5. The van der Waals surface area contributed by atoms with Crippen LogP contribution in [0.1, 0.15) is 18.2 Å². The fraction of sp³-hybridized carbons (Fsp3) is 0.267. The number of benzene rings is 1. The summed E-state index contributed by atoms with van der Waals surface area (Å²) >= 11 is 1.51. The highest BCUT2D eigenvalue weighted by atomic mass is 32.2. The van der Waals surface area contributed by atoms with Crippen LogP contribution in [-0.2, 0) is 11.3 Å². The number of nitrogens with one attached hydrogen (secondary N) is 1. The highest BCUT2D eigenvalue weighted by molar-refractivity contribution is 8.00. The first-order chi connectivity index (χ1) is 9.58. The maximum atomic E-state index is 12.0. The summed E-state index contributed by atoms with van der Waals surface area (Å²) in [5, 5.41) is 2.66. The summed E-state index contributed by atoms with van der Waals surface area (Å²) in [7, 11) is 0. The molecule has 20 heavy (non-hydrogen) atoms. The molecule has 0 bridgehead atoms. The van der Waals surface area contributed by atoms with Crippen LogP contribution in [0.5, 0.6) is 0 Å². The summed E-state index contributed by atoms with van der Waals surface area (Å²) in [6.07, 6.45) is 1.59. The topological polar surface area (TPSA) is 68.3 Å². The molecule has 1 atom stereocenters. The van der Waals surface area contributed by atoms with Crippen LogP contribution in [0.25, 0.3) is 0 Å². The van der Waals surface area contributed by atoms with E-state index in [2.05, 4.69) is 5.32 Å². The molecular weight excluding hydrogens is 272 g/mol. The Kier molecular flexibility index (Phi) is 4.74. The highest BCUT2D eigenvalue weighted by Gasteiger charge is 2.16. The Hall–Kier alpha value is -1.88. The molecule has 0 aliphatic carbocycles. The van der Waals surface area contributed by atoms with E-state index in [4.69, 9.17) is 10.2 Å². The van der Waals surface area contributed by atoms with Crippen LogP contribution in [0.4, 0.5) is 5.69 Å². The number of hydrogen-bond donors (Lipinski definition) is 2. The van der Waals surface area contributed by atoms with Gasteiger partial charge in [0.05, 0.1) is 18.1 Å². The van der Waals surface area contributed by atoms with E-state index in [9.17, 15) is 4.79 Å². The molecule has 0 radical (unpaired) electrons. The molecule has 2 aromatic rings. The van der Waals surface area contributed by atoms with Gasteiger partial charge in [-0.15, -0.1) is 11.8 Å². The molecule has 3 N–H and O–H groups in total. The zero-order valence-corrected chi connectivity index (χ0v) is 12.4. The SMILES string of the molecule is Cc1c(N)cccc1SC(C)C(=O)NCc1ccco1. The van der Waals surface area contributed by atoms with Crippen molar-refractivity contribution in [3.05, 3.63) is 47.9 Å². The van der Waals surface area contributed by atoms with Gasteiger partial charge in [0.15, 0.2) is 0 Å². The largest absolute Gasteiger partial charge is 0.467 e. The predicted molar refractivity (Wildman–Crippen MR) is 81.5 cm³/mol. The number of hydrogen-bond acceptors (Lipinski definition) is 4. The van der Waals surface area contributed by atoms with E-state index < -0.39 is 0 Å². The monoisotopic (exact) mass is 290 g/mol. The van der Waals surface area contributed by atoms with Gasteiger partial charge < -0.3 is 15.5 Å². The zero-order valence-electron chi connectivity index (χ0n) is 11.6. The van der Waals surface area contributed by atoms with Crippen molar-refractivity contribution in [2.45, 2.75) is 30.5 Å². The fourth-order valence-electron chi connectivity index (χ4n) is 1.73. The van der Waals surface area contributed by atoms with Crippen LogP contribution in [0, 0.1) is 6.92 Å². The molecule has 0 saturated carbocycles. The van der Waals surface area contributed by atoms with Crippen molar-refractivity contribution in [2.24, 2.45) is 0 Å². The van der Waals surface area contributed by atoms with Crippen molar-refractivity contribution in [2.75, 3.05) is 5.73 Å². The molecule has 0 fully saturated rings. The molecule has 0 saturated heterocycles. The molecule has 1 unspecified atom stereocenters. The molecule has 1 amide bonds. The van der Waals surface area contributed by atoms with Gasteiger partial charge >= 0.3 is 0 Å². The Balaban J connectivity index is 1.92. The number of rotatable bonds is 5. The molecular formula is C15H18N2O2S. The summed E-state index contributed by atoms with van der Waals surface area (Å²) in [4.78, 5) is 13.1. The lowest BCUT2D eigenvalue weighted by Crippen LogP contribution is -2.30. The van der Waals surface area contributed by atoms with Crippen LogP contribution < -0.4 is 11.1 Å². The van der Waals surface area contributed by atoms with Gasteiger partial charge in [-0.05, 0) is 43.7 Å². The number of nitrogens with two attached hydrogens (primary N) is 1. The van der Waals surface area contributed by atoms with Crippen molar-refractivity contribution in [3.8, 4) is 0 Å². The number of thioether (sulfide) groups is 1. The van der Waals surface area contributed by atoms with Gasteiger partial charge in [-0.1, -0.05) is 6.07 Å². The minimum atomic E-state index is -0.189. The van der Waals surface area contributed by atoms with E-state index in [1.165, 1.54) is 11.8 Å². The maximum absolute atomic E-state index is 12.0. The lowest BCUT2D eigenvalue weighted by molar-refractivity contribution is -0.120. The first-order valence-corrected chi connectivity index (χ1v) is 7.27. The van der Waals surface area contributed by atoms with Crippen molar-refractivity contribution in [1.29, 1.82) is 0 Å². The molecule has 2 rings (SSSR count). The van der Waals surface area contributed by atoms with E-state index in [0.29, 0.717) is 6.54 Å². The van der Waals surface area contributed by atoms with Crippen LogP contribution in [0.15, 0.2) is 45.9 Å². The zero-order chi connectivity index (χ0) is 14.5. The van der Waals surface area contributed by atoms with Gasteiger partial charge in [0.1, 0.15) is 5.76 Å². The Bertz CT molecular complexity index is 582. The van der Waals surface area contributed by atoms with E-state index in [1.807, 2.05) is 38.1 Å². The second kappa shape index (κ2) is 6.52. The number of carbonyl (C=O) groups is 1. The average molecular weight is 290 g/mol. The number of anilines is 1. The van der Waals surface area contributed by atoms with Crippen molar-refractivity contribution in [1.82, 2.24) is 5.32 Å². The Morgan fingerprint density at radius 3 is 2.90 bits per heavy atom. The lowest BCUT2D eigenvalue weighted by Gasteiger charge is -2.13. The number of carbonyl (C=O) groups excluding carboxylic acids is 1. The number of furan rings is 1. The fourth-order valence-corrected chi connectivity index (χ4v) is 2.76. The van der Waals surface area contributed by atoms with E-state index in [-0.39, 0.29) is 11.2 Å². The quantitative estimate of drug-likeness (QED) is 0.656. The standard InChI is InChI=1S/C15H18N2O2S/c1-10-13(16)6-3-7-14(10)20-11(2)15(18)17-9-12-5-4-8-19-12/h3-8,11H,9,16H2,1-2H3,(H,17,18). The summed E-state index contributed by atoms with van der Waals surface area (Å²) in [5.74, 6) is 0.726. The summed E-state index contributed by atoms with van der Waals surface area (Å²) < 4.78 is 5.18. The smallest absolute Gasteiger partial charge is 0.233 e. The molecule has 1 aromatic carbocycles. The van der Waals surface area contributed by atoms with E-state index in [1.54, 1.807) is 12.3 Å². The minimum absolute atomic E-state index is 0.0202. The number of nitrogen functional groups attached to an aromatic ring is 1. The Morgan fingerprint density at radius 2 is 2.20 bits per heavy atom. The average Bonchev–Trinajstić information content (AvgIpc) is 2.94. The maximum Gasteiger partial charge on any atom is 0.233 e. The normalized spacial score (nSPS) is 12.1. The van der Waals surface area contributed by atoms with E-state index in [0.717, 1.165) is 21.9 Å². The van der Waals surface area contributed by atoms with Crippen molar-refractivity contribution >= 4 is 23.4 Å².